The zero-order chi connectivity index (χ0) is 20.6. The van der Waals surface area contributed by atoms with Gasteiger partial charge in [-0.15, -0.1) is 0 Å². The van der Waals surface area contributed by atoms with E-state index in [-0.39, 0.29) is 10.7 Å². The van der Waals surface area contributed by atoms with Crippen molar-refractivity contribution in [2.24, 2.45) is 0 Å². The van der Waals surface area contributed by atoms with E-state index in [0.717, 1.165) is 11.8 Å². The minimum atomic E-state index is -3.30. The number of hydrogen-bond donors (Lipinski definition) is 0. The third kappa shape index (κ3) is 3.95. The van der Waals surface area contributed by atoms with Crippen LogP contribution in [-0.4, -0.2) is 24.2 Å². The van der Waals surface area contributed by atoms with Crippen LogP contribution in [0.15, 0.2) is 83.9 Å². The minimum absolute atomic E-state index is 0.226. The van der Waals surface area contributed by atoms with Gasteiger partial charge in [-0.2, -0.15) is 0 Å². The molecule has 0 atom stereocenters. The van der Waals surface area contributed by atoms with Gasteiger partial charge < -0.3 is 0 Å². The highest BCUT2D eigenvalue weighted by atomic mass is 35.5. The summed E-state index contributed by atoms with van der Waals surface area (Å²) in [7, 11) is -3.30. The first kappa shape index (κ1) is 19.4. The second kappa shape index (κ2) is 7.46. The van der Waals surface area contributed by atoms with E-state index in [9.17, 15) is 12.8 Å². The molecule has 0 aliphatic heterocycles. The fourth-order valence-corrected chi connectivity index (χ4v) is 3.79. The average molecular weight is 427 g/mol. The molecule has 4 aromatic rings. The van der Waals surface area contributed by atoms with Gasteiger partial charge in [0.1, 0.15) is 11.6 Å². The van der Waals surface area contributed by atoms with Crippen LogP contribution in [0.3, 0.4) is 0 Å². The molecule has 0 amide bonds. The van der Waals surface area contributed by atoms with Gasteiger partial charge in [-0.3, -0.25) is 4.57 Å². The quantitative estimate of drug-likeness (QED) is 0.439. The number of nitrogens with zero attached hydrogens (tertiary/aromatic N) is 2. The Hall–Kier alpha value is -2.96. The SMILES string of the molecule is CS(=O)(=O)c1ccc(-n2cc(-c3ccccc3F)nc2-c2ccc(Cl)cc2)cc1. The molecule has 0 unspecified atom stereocenters. The molecular weight excluding hydrogens is 411 g/mol. The lowest BCUT2D eigenvalue weighted by Crippen LogP contribution is -1.99. The maximum absolute atomic E-state index is 14.3. The standard InChI is InChI=1S/C22H16ClFN2O2S/c1-29(27,28)18-12-10-17(11-13-18)26-14-21(19-4-2-3-5-20(19)24)25-22(26)15-6-8-16(23)9-7-15/h2-14H,1H3. The van der Waals surface area contributed by atoms with E-state index in [1.54, 1.807) is 65.4 Å². The monoisotopic (exact) mass is 426 g/mol. The molecule has 0 saturated heterocycles. The normalized spacial score (nSPS) is 11.6. The smallest absolute Gasteiger partial charge is 0.175 e. The van der Waals surface area contributed by atoms with Gasteiger partial charge in [0.15, 0.2) is 9.84 Å². The summed E-state index contributed by atoms with van der Waals surface area (Å²) in [6.07, 6.45) is 2.90. The van der Waals surface area contributed by atoms with Crippen molar-refractivity contribution in [3.05, 3.63) is 89.8 Å². The molecule has 1 heterocycles. The van der Waals surface area contributed by atoms with Crippen molar-refractivity contribution in [2.75, 3.05) is 6.26 Å². The van der Waals surface area contributed by atoms with Crippen LogP contribution >= 0.6 is 11.6 Å². The van der Waals surface area contributed by atoms with Gasteiger partial charge in [-0.25, -0.2) is 17.8 Å². The molecule has 3 aromatic carbocycles. The lowest BCUT2D eigenvalue weighted by Gasteiger charge is -2.09. The van der Waals surface area contributed by atoms with E-state index in [1.807, 2.05) is 12.1 Å². The fourth-order valence-electron chi connectivity index (χ4n) is 3.03. The Labute approximate surface area is 173 Å². The number of aromatic nitrogens is 2. The van der Waals surface area contributed by atoms with Crippen LogP contribution < -0.4 is 0 Å². The molecule has 0 aliphatic carbocycles. The van der Waals surface area contributed by atoms with E-state index in [0.29, 0.717) is 27.8 Å². The van der Waals surface area contributed by atoms with Crippen LogP contribution in [0.4, 0.5) is 4.39 Å². The molecule has 0 N–H and O–H groups in total. The summed E-state index contributed by atoms with van der Waals surface area (Å²) in [5.74, 6) is 0.222. The van der Waals surface area contributed by atoms with Crippen molar-refractivity contribution in [3.63, 3.8) is 0 Å². The van der Waals surface area contributed by atoms with Crippen LogP contribution in [0, 0.1) is 5.82 Å². The Morgan fingerprint density at radius 3 is 2.21 bits per heavy atom. The van der Waals surface area contributed by atoms with Gasteiger partial charge in [0.05, 0.1) is 10.6 Å². The summed E-state index contributed by atoms with van der Waals surface area (Å²) in [5, 5.41) is 0.596. The fraction of sp³-hybridized carbons (Fsp3) is 0.0455. The van der Waals surface area contributed by atoms with Crippen molar-refractivity contribution < 1.29 is 12.8 Å². The van der Waals surface area contributed by atoms with Crippen LogP contribution in [-0.2, 0) is 9.84 Å². The van der Waals surface area contributed by atoms with Crippen LogP contribution in [0.2, 0.25) is 5.02 Å². The van der Waals surface area contributed by atoms with Crippen molar-refractivity contribution in [1.29, 1.82) is 0 Å². The number of sulfone groups is 1. The van der Waals surface area contributed by atoms with Crippen molar-refractivity contribution in [1.82, 2.24) is 9.55 Å². The lowest BCUT2D eigenvalue weighted by molar-refractivity contribution is 0.602. The molecular formula is C22H16ClFN2O2S. The summed E-state index contributed by atoms with van der Waals surface area (Å²) in [6, 6.07) is 20.1. The summed E-state index contributed by atoms with van der Waals surface area (Å²) in [6.45, 7) is 0. The Morgan fingerprint density at radius 1 is 0.931 bits per heavy atom. The molecule has 0 fully saturated rings. The maximum Gasteiger partial charge on any atom is 0.175 e. The predicted octanol–water partition coefficient (Wildman–Crippen LogP) is 5.40. The third-order valence-corrected chi connectivity index (χ3v) is 5.88. The van der Waals surface area contributed by atoms with Crippen molar-refractivity contribution in [3.8, 4) is 28.3 Å². The van der Waals surface area contributed by atoms with Gasteiger partial charge in [0, 0.05) is 34.3 Å². The van der Waals surface area contributed by atoms with Crippen molar-refractivity contribution in [2.45, 2.75) is 4.90 Å². The molecule has 29 heavy (non-hydrogen) atoms. The van der Waals surface area contributed by atoms with Gasteiger partial charge in [-0.1, -0.05) is 23.7 Å². The van der Waals surface area contributed by atoms with Gasteiger partial charge in [-0.05, 0) is 60.7 Å². The van der Waals surface area contributed by atoms with Crippen molar-refractivity contribution >= 4 is 21.4 Å². The highest BCUT2D eigenvalue weighted by Crippen LogP contribution is 2.30. The molecule has 4 rings (SSSR count). The van der Waals surface area contributed by atoms with E-state index >= 15 is 0 Å². The second-order valence-corrected chi connectivity index (χ2v) is 9.02. The Morgan fingerprint density at radius 2 is 1.59 bits per heavy atom. The first-order valence-corrected chi connectivity index (χ1v) is 11.0. The number of halogens is 2. The molecule has 146 valence electrons. The topological polar surface area (TPSA) is 52.0 Å². The Bertz CT molecular complexity index is 1280. The molecule has 0 spiro atoms. The van der Waals surface area contributed by atoms with E-state index < -0.39 is 9.84 Å². The zero-order valence-corrected chi connectivity index (χ0v) is 17.0. The summed E-state index contributed by atoms with van der Waals surface area (Å²) < 4.78 is 39.6. The largest absolute Gasteiger partial charge is 0.299 e. The Kier molecular flexibility index (Phi) is 4.98. The molecule has 0 saturated carbocycles. The molecule has 1 aromatic heterocycles. The lowest BCUT2D eigenvalue weighted by atomic mass is 10.1. The van der Waals surface area contributed by atoms with Gasteiger partial charge in [0.25, 0.3) is 0 Å². The van der Waals surface area contributed by atoms with Gasteiger partial charge >= 0.3 is 0 Å². The van der Waals surface area contributed by atoms with Gasteiger partial charge in [0.2, 0.25) is 0 Å². The summed E-state index contributed by atoms with van der Waals surface area (Å²) in [4.78, 5) is 4.88. The molecule has 4 nitrogen and oxygen atoms in total. The zero-order valence-electron chi connectivity index (χ0n) is 15.4. The highest BCUT2D eigenvalue weighted by Gasteiger charge is 2.16. The average Bonchev–Trinajstić information content (AvgIpc) is 3.13. The first-order valence-electron chi connectivity index (χ1n) is 8.74. The van der Waals surface area contributed by atoms with E-state index in [4.69, 9.17) is 11.6 Å². The van der Waals surface area contributed by atoms with Crippen LogP contribution in [0.1, 0.15) is 0 Å². The van der Waals surface area contributed by atoms with E-state index in [1.165, 1.54) is 6.07 Å². The van der Waals surface area contributed by atoms with E-state index in [2.05, 4.69) is 4.98 Å². The molecule has 7 heteroatoms. The third-order valence-electron chi connectivity index (χ3n) is 4.50. The number of hydrogen-bond acceptors (Lipinski definition) is 3. The first-order chi connectivity index (χ1) is 13.8. The maximum atomic E-state index is 14.3. The molecule has 0 radical (unpaired) electrons. The second-order valence-electron chi connectivity index (χ2n) is 6.57. The van der Waals surface area contributed by atoms with Crippen LogP contribution in [0.5, 0.6) is 0 Å². The molecule has 0 aliphatic rings. The minimum Gasteiger partial charge on any atom is -0.299 e. The van der Waals surface area contributed by atoms with Crippen LogP contribution in [0.25, 0.3) is 28.3 Å². The Balaban J connectivity index is 1.89. The molecule has 0 bridgehead atoms. The number of benzene rings is 3. The number of imidazole rings is 1. The summed E-state index contributed by atoms with van der Waals surface area (Å²) >= 11 is 6.00. The predicted molar refractivity (Wildman–Crippen MR) is 113 cm³/mol. The number of rotatable bonds is 4. The summed E-state index contributed by atoms with van der Waals surface area (Å²) in [5.41, 5.74) is 2.36. The highest BCUT2D eigenvalue weighted by molar-refractivity contribution is 7.90.